The van der Waals surface area contributed by atoms with E-state index in [4.69, 9.17) is 14.2 Å². The van der Waals surface area contributed by atoms with Crippen LogP contribution in [0.15, 0.2) is 12.1 Å². The van der Waals surface area contributed by atoms with Gasteiger partial charge in [-0.05, 0) is 26.8 Å². The third kappa shape index (κ3) is 2.43. The maximum Gasteiger partial charge on any atom is 0.354 e. The fourth-order valence-electron chi connectivity index (χ4n) is 2.18. The highest BCUT2D eigenvalue weighted by Gasteiger charge is 2.17. The van der Waals surface area contributed by atoms with Crippen molar-refractivity contribution in [1.29, 1.82) is 0 Å². The van der Waals surface area contributed by atoms with Gasteiger partial charge in [0, 0.05) is 17.0 Å². The average molecular weight is 277 g/mol. The van der Waals surface area contributed by atoms with Gasteiger partial charge in [0.15, 0.2) is 0 Å². The molecule has 1 N–H and O–H groups in total. The summed E-state index contributed by atoms with van der Waals surface area (Å²) < 4.78 is 16.1. The zero-order valence-electron chi connectivity index (χ0n) is 12.2. The largest absolute Gasteiger partial charge is 0.493 e. The van der Waals surface area contributed by atoms with Gasteiger partial charge in [0.25, 0.3) is 0 Å². The first kappa shape index (κ1) is 14.2. The molecule has 2 aromatic rings. The molecule has 0 spiro atoms. The van der Waals surface area contributed by atoms with Gasteiger partial charge in [-0.25, -0.2) is 4.79 Å². The van der Waals surface area contributed by atoms with Crippen LogP contribution in [0.1, 0.15) is 29.9 Å². The predicted molar refractivity (Wildman–Crippen MR) is 76.7 cm³/mol. The summed E-state index contributed by atoms with van der Waals surface area (Å²) in [6.07, 6.45) is 0. The predicted octanol–water partition coefficient (Wildman–Crippen LogP) is 3.06. The van der Waals surface area contributed by atoms with E-state index >= 15 is 0 Å². The van der Waals surface area contributed by atoms with Gasteiger partial charge in [-0.1, -0.05) is 0 Å². The van der Waals surface area contributed by atoms with Gasteiger partial charge in [0.05, 0.1) is 25.8 Å². The summed E-state index contributed by atoms with van der Waals surface area (Å²) in [5, 5.41) is 0.855. The van der Waals surface area contributed by atoms with Crippen molar-refractivity contribution in [3.8, 4) is 11.5 Å². The smallest absolute Gasteiger partial charge is 0.354 e. The molecule has 5 nitrogen and oxygen atoms in total. The van der Waals surface area contributed by atoms with E-state index in [1.165, 1.54) is 7.11 Å². The van der Waals surface area contributed by atoms with Crippen molar-refractivity contribution < 1.29 is 19.0 Å². The van der Waals surface area contributed by atoms with Crippen LogP contribution >= 0.6 is 0 Å². The van der Waals surface area contributed by atoms with Gasteiger partial charge in [-0.3, -0.25) is 0 Å². The third-order valence-corrected chi connectivity index (χ3v) is 3.07. The summed E-state index contributed by atoms with van der Waals surface area (Å²) in [5.74, 6) is 1.08. The molecule has 5 heteroatoms. The molecule has 0 aliphatic heterocycles. The van der Waals surface area contributed by atoms with Gasteiger partial charge in [0.1, 0.15) is 17.2 Å². The zero-order chi connectivity index (χ0) is 14.7. The Morgan fingerprint density at radius 1 is 1.20 bits per heavy atom. The molecule has 108 valence electrons. The van der Waals surface area contributed by atoms with Crippen LogP contribution in [0.4, 0.5) is 0 Å². The summed E-state index contributed by atoms with van der Waals surface area (Å²) in [6.45, 7) is 6.91. The van der Waals surface area contributed by atoms with Gasteiger partial charge in [0.2, 0.25) is 0 Å². The van der Waals surface area contributed by atoms with Crippen LogP contribution in [0.3, 0.4) is 0 Å². The summed E-state index contributed by atoms with van der Waals surface area (Å²) in [7, 11) is 1.36. The lowest BCUT2D eigenvalue weighted by molar-refractivity contribution is 0.0595. The highest BCUT2D eigenvalue weighted by Crippen LogP contribution is 2.37. The van der Waals surface area contributed by atoms with E-state index in [1.54, 1.807) is 6.07 Å². The van der Waals surface area contributed by atoms with Crippen LogP contribution in [0.25, 0.3) is 10.9 Å². The molecule has 0 saturated heterocycles. The van der Waals surface area contributed by atoms with E-state index < -0.39 is 5.97 Å². The second-order valence-electron chi connectivity index (χ2n) is 4.33. The number of aromatic amines is 1. The number of H-pyrrole nitrogens is 1. The van der Waals surface area contributed by atoms with Crippen molar-refractivity contribution in [3.63, 3.8) is 0 Å². The van der Waals surface area contributed by atoms with Crippen molar-refractivity contribution in [2.45, 2.75) is 20.8 Å². The zero-order valence-corrected chi connectivity index (χ0v) is 12.2. The van der Waals surface area contributed by atoms with Crippen molar-refractivity contribution in [3.05, 3.63) is 23.4 Å². The summed E-state index contributed by atoms with van der Waals surface area (Å²) in [6, 6.07) is 3.62. The highest BCUT2D eigenvalue weighted by atomic mass is 16.5. The third-order valence-electron chi connectivity index (χ3n) is 3.07. The Balaban J connectivity index is 2.64. The monoisotopic (exact) mass is 277 g/mol. The first-order valence-corrected chi connectivity index (χ1v) is 6.62. The molecule has 1 aromatic carbocycles. The van der Waals surface area contributed by atoms with Crippen LogP contribution in [0, 0.1) is 6.92 Å². The molecule has 0 aliphatic rings. The number of carbonyl (C=O) groups excluding carboxylic acids is 1. The number of methoxy groups -OCH3 is 1. The molecule has 2 rings (SSSR count). The number of esters is 1. The number of ether oxygens (including phenoxy) is 3. The molecule has 20 heavy (non-hydrogen) atoms. The molecule has 0 atom stereocenters. The fraction of sp³-hybridized carbons (Fsp3) is 0.400. The van der Waals surface area contributed by atoms with Crippen LogP contribution < -0.4 is 9.47 Å². The lowest BCUT2D eigenvalue weighted by Crippen LogP contribution is -2.00. The Bertz CT molecular complexity index is 630. The van der Waals surface area contributed by atoms with Gasteiger partial charge >= 0.3 is 5.97 Å². The summed E-state index contributed by atoms with van der Waals surface area (Å²) in [5.41, 5.74) is 2.12. The molecule has 1 aromatic heterocycles. The van der Waals surface area contributed by atoms with Gasteiger partial charge in [-0.2, -0.15) is 0 Å². The minimum Gasteiger partial charge on any atom is -0.493 e. The molecule has 0 bridgehead atoms. The van der Waals surface area contributed by atoms with E-state index in [9.17, 15) is 4.79 Å². The van der Waals surface area contributed by atoms with Crippen molar-refractivity contribution in [2.75, 3.05) is 20.3 Å². The average Bonchev–Trinajstić information content (AvgIpc) is 2.86. The number of aromatic nitrogens is 1. The molecular weight excluding hydrogens is 258 g/mol. The molecule has 0 radical (unpaired) electrons. The SMILES string of the molecule is CCOc1cc2[nH]c(C(=O)OC)cc2c(OCC)c1C. The van der Waals surface area contributed by atoms with Crippen LogP contribution in [-0.4, -0.2) is 31.3 Å². The molecule has 0 amide bonds. The van der Waals surface area contributed by atoms with Crippen molar-refractivity contribution in [2.24, 2.45) is 0 Å². The summed E-state index contributed by atoms with van der Waals surface area (Å²) in [4.78, 5) is 14.7. The lowest BCUT2D eigenvalue weighted by atomic mass is 10.1. The topological polar surface area (TPSA) is 60.6 Å². The number of hydrogen-bond acceptors (Lipinski definition) is 4. The quantitative estimate of drug-likeness (QED) is 0.853. The minimum atomic E-state index is -0.403. The van der Waals surface area contributed by atoms with E-state index in [-0.39, 0.29) is 0 Å². The maximum absolute atomic E-state index is 11.6. The van der Waals surface area contributed by atoms with E-state index in [0.29, 0.717) is 18.9 Å². The first-order valence-electron chi connectivity index (χ1n) is 6.62. The number of rotatable bonds is 5. The highest BCUT2D eigenvalue weighted by molar-refractivity contribution is 5.98. The normalized spacial score (nSPS) is 10.6. The maximum atomic E-state index is 11.6. The van der Waals surface area contributed by atoms with E-state index in [2.05, 4.69) is 4.98 Å². The summed E-state index contributed by atoms with van der Waals surface area (Å²) >= 11 is 0. The minimum absolute atomic E-state index is 0.400. The molecule has 0 saturated carbocycles. The van der Waals surface area contributed by atoms with E-state index in [1.807, 2.05) is 26.8 Å². The first-order chi connectivity index (χ1) is 9.62. The van der Waals surface area contributed by atoms with Gasteiger partial charge < -0.3 is 19.2 Å². The number of nitrogens with one attached hydrogen (secondary N) is 1. The Morgan fingerprint density at radius 3 is 2.50 bits per heavy atom. The number of hydrogen-bond donors (Lipinski definition) is 1. The van der Waals surface area contributed by atoms with Crippen molar-refractivity contribution >= 4 is 16.9 Å². The fourth-order valence-corrected chi connectivity index (χ4v) is 2.18. The van der Waals surface area contributed by atoms with Crippen LogP contribution in [-0.2, 0) is 4.74 Å². The lowest BCUT2D eigenvalue weighted by Gasteiger charge is -2.13. The molecule has 1 heterocycles. The second-order valence-corrected chi connectivity index (χ2v) is 4.33. The Morgan fingerprint density at radius 2 is 1.90 bits per heavy atom. The Hall–Kier alpha value is -2.17. The number of carbonyl (C=O) groups is 1. The number of benzene rings is 1. The molecule has 0 fully saturated rings. The Kier molecular flexibility index (Phi) is 4.17. The molecule has 0 unspecified atom stereocenters. The second kappa shape index (κ2) is 5.86. The number of fused-ring (bicyclic) bond motifs is 1. The van der Waals surface area contributed by atoms with Gasteiger partial charge in [-0.15, -0.1) is 0 Å². The van der Waals surface area contributed by atoms with Crippen LogP contribution in [0.5, 0.6) is 11.5 Å². The van der Waals surface area contributed by atoms with Crippen molar-refractivity contribution in [1.82, 2.24) is 4.98 Å². The Labute approximate surface area is 117 Å². The molecular formula is C15H19NO4. The van der Waals surface area contributed by atoms with E-state index in [0.717, 1.165) is 28.0 Å². The standard InChI is InChI=1S/C15H19NO4/c1-5-19-13-8-11-10(14(9(13)3)20-6-2)7-12(16-11)15(17)18-4/h7-8,16H,5-6H2,1-4H3. The molecule has 0 aliphatic carbocycles. The van der Waals surface area contributed by atoms with Crippen LogP contribution in [0.2, 0.25) is 0 Å².